The molecule has 0 radical (unpaired) electrons. The molecule has 0 bridgehead atoms. The van der Waals surface area contributed by atoms with Crippen molar-refractivity contribution >= 4 is 37.4 Å². The van der Waals surface area contributed by atoms with Gasteiger partial charge >= 0.3 is 0 Å². The van der Waals surface area contributed by atoms with Crippen LogP contribution in [-0.4, -0.2) is 12.2 Å². The second kappa shape index (κ2) is 6.18. The second-order valence-corrected chi connectivity index (χ2v) is 6.69. The highest BCUT2D eigenvalue weighted by molar-refractivity contribution is 9.10. The number of hydrogen-bond donors (Lipinski definition) is 1. The minimum absolute atomic E-state index is 0.580. The topological polar surface area (TPSA) is 29.5 Å². The molecule has 0 saturated carbocycles. The summed E-state index contributed by atoms with van der Waals surface area (Å²) in [5.74, 6) is 0.713. The number of halogens is 1. The van der Waals surface area contributed by atoms with Crippen LogP contribution in [0.15, 0.2) is 52.3 Å². The van der Waals surface area contributed by atoms with Crippen molar-refractivity contribution in [1.29, 1.82) is 0 Å². The van der Waals surface area contributed by atoms with E-state index in [1.165, 1.54) is 15.6 Å². The lowest BCUT2D eigenvalue weighted by atomic mass is 10.0. The maximum atomic E-state index is 10.6. The Balaban J connectivity index is 1.93. The Morgan fingerprint density at radius 3 is 2.86 bits per heavy atom. The molecule has 21 heavy (non-hydrogen) atoms. The van der Waals surface area contributed by atoms with E-state index >= 15 is 0 Å². The Morgan fingerprint density at radius 1 is 1.24 bits per heavy atom. The van der Waals surface area contributed by atoms with Gasteiger partial charge in [-0.15, -0.1) is 11.3 Å². The Bertz CT molecular complexity index is 766. The fourth-order valence-electron chi connectivity index (χ4n) is 2.47. The predicted molar refractivity (Wildman–Crippen MR) is 91.2 cm³/mol. The van der Waals surface area contributed by atoms with E-state index in [-0.39, 0.29) is 0 Å². The van der Waals surface area contributed by atoms with Gasteiger partial charge in [0.1, 0.15) is 5.75 Å². The van der Waals surface area contributed by atoms with Crippen molar-refractivity contribution in [1.82, 2.24) is 0 Å². The van der Waals surface area contributed by atoms with E-state index in [0.717, 1.165) is 10.0 Å². The first-order valence-corrected chi connectivity index (χ1v) is 8.33. The second-order valence-electron chi connectivity index (χ2n) is 4.86. The third kappa shape index (κ3) is 2.98. The highest BCUT2D eigenvalue weighted by Crippen LogP contribution is 2.33. The molecule has 2 nitrogen and oxygen atoms in total. The molecular weight excluding hydrogens is 348 g/mol. The van der Waals surface area contributed by atoms with Gasteiger partial charge in [0.2, 0.25) is 0 Å². The average Bonchev–Trinajstić information content (AvgIpc) is 2.90. The van der Waals surface area contributed by atoms with Crippen molar-refractivity contribution in [3.8, 4) is 5.75 Å². The van der Waals surface area contributed by atoms with Crippen LogP contribution in [0.1, 0.15) is 17.2 Å². The fraction of sp³-hybridized carbons (Fsp3) is 0.176. The molecule has 2 aromatic carbocycles. The summed E-state index contributed by atoms with van der Waals surface area (Å²) in [7, 11) is 1.62. The Hall–Kier alpha value is -1.36. The van der Waals surface area contributed by atoms with Crippen molar-refractivity contribution in [2.75, 3.05) is 7.11 Å². The summed E-state index contributed by atoms with van der Waals surface area (Å²) >= 11 is 5.16. The van der Waals surface area contributed by atoms with E-state index in [1.807, 2.05) is 30.3 Å². The van der Waals surface area contributed by atoms with E-state index in [0.29, 0.717) is 12.2 Å². The summed E-state index contributed by atoms with van der Waals surface area (Å²) in [5.41, 5.74) is 1.98. The van der Waals surface area contributed by atoms with Gasteiger partial charge in [0.05, 0.1) is 13.2 Å². The number of thiophene rings is 1. The summed E-state index contributed by atoms with van der Waals surface area (Å²) in [6, 6.07) is 14.0. The van der Waals surface area contributed by atoms with Crippen LogP contribution in [0.4, 0.5) is 0 Å². The van der Waals surface area contributed by atoms with Crippen LogP contribution in [0.2, 0.25) is 0 Å². The van der Waals surface area contributed by atoms with Crippen molar-refractivity contribution < 1.29 is 9.84 Å². The van der Waals surface area contributed by atoms with Gasteiger partial charge in [-0.2, -0.15) is 0 Å². The Morgan fingerprint density at radius 2 is 2.05 bits per heavy atom. The predicted octanol–water partition coefficient (Wildman–Crippen LogP) is 4.95. The Labute approximate surface area is 136 Å². The number of hydrogen-bond acceptors (Lipinski definition) is 3. The summed E-state index contributed by atoms with van der Waals surface area (Å²) < 4.78 is 7.54. The molecule has 1 aromatic heterocycles. The van der Waals surface area contributed by atoms with Gasteiger partial charge in [-0.05, 0) is 40.6 Å². The SMILES string of the molecule is COc1ccc(Br)cc1C(O)Cc1csc2ccccc12. The third-order valence-electron chi connectivity index (χ3n) is 3.53. The quantitative estimate of drug-likeness (QED) is 0.711. The molecule has 3 rings (SSSR count). The fourth-order valence-corrected chi connectivity index (χ4v) is 3.83. The zero-order chi connectivity index (χ0) is 14.8. The summed E-state index contributed by atoms with van der Waals surface area (Å²) in [4.78, 5) is 0. The largest absolute Gasteiger partial charge is 0.496 e. The monoisotopic (exact) mass is 362 g/mol. The molecule has 1 atom stereocenters. The number of aliphatic hydroxyl groups is 1. The zero-order valence-corrected chi connectivity index (χ0v) is 13.9. The van der Waals surface area contributed by atoms with Crippen molar-refractivity contribution in [2.45, 2.75) is 12.5 Å². The first kappa shape index (κ1) is 14.6. The smallest absolute Gasteiger partial charge is 0.124 e. The molecule has 0 aliphatic rings. The molecule has 0 saturated heterocycles. The molecule has 4 heteroatoms. The number of fused-ring (bicyclic) bond motifs is 1. The number of aliphatic hydroxyl groups excluding tert-OH is 1. The summed E-state index contributed by atoms with van der Waals surface area (Å²) in [5, 5.41) is 13.9. The molecule has 3 aromatic rings. The summed E-state index contributed by atoms with van der Waals surface area (Å²) in [6.07, 6.45) is -0.00736. The van der Waals surface area contributed by atoms with Gasteiger partial charge in [-0.25, -0.2) is 0 Å². The van der Waals surface area contributed by atoms with Gasteiger partial charge in [-0.3, -0.25) is 0 Å². The molecule has 0 fully saturated rings. The van der Waals surface area contributed by atoms with Crippen molar-refractivity contribution in [2.24, 2.45) is 0 Å². The standard InChI is InChI=1S/C17H15BrO2S/c1-20-16-7-6-12(18)9-14(16)15(19)8-11-10-21-17-5-3-2-4-13(11)17/h2-7,9-10,15,19H,8H2,1H3. The van der Waals surface area contributed by atoms with E-state index in [4.69, 9.17) is 4.74 Å². The molecule has 1 unspecified atom stereocenters. The van der Waals surface area contributed by atoms with Crippen molar-refractivity contribution in [3.63, 3.8) is 0 Å². The van der Waals surface area contributed by atoms with Crippen molar-refractivity contribution in [3.05, 3.63) is 63.4 Å². The molecule has 0 aliphatic heterocycles. The number of benzene rings is 2. The highest BCUT2D eigenvalue weighted by atomic mass is 79.9. The van der Waals surface area contributed by atoms with E-state index in [9.17, 15) is 5.11 Å². The highest BCUT2D eigenvalue weighted by Gasteiger charge is 2.16. The third-order valence-corrected chi connectivity index (χ3v) is 5.03. The van der Waals surface area contributed by atoms with E-state index < -0.39 is 6.10 Å². The van der Waals surface area contributed by atoms with Gasteiger partial charge in [-0.1, -0.05) is 34.1 Å². The molecule has 0 spiro atoms. The molecule has 1 N–H and O–H groups in total. The van der Waals surface area contributed by atoms with Gasteiger partial charge in [0.15, 0.2) is 0 Å². The maximum absolute atomic E-state index is 10.6. The van der Waals surface area contributed by atoms with E-state index in [1.54, 1.807) is 18.4 Å². The number of methoxy groups -OCH3 is 1. The van der Waals surface area contributed by atoms with Gasteiger partial charge in [0.25, 0.3) is 0 Å². The molecule has 0 aliphatic carbocycles. The first-order valence-electron chi connectivity index (χ1n) is 6.65. The van der Waals surface area contributed by atoms with Crippen LogP contribution in [0.25, 0.3) is 10.1 Å². The van der Waals surface area contributed by atoms with Crippen LogP contribution in [0.5, 0.6) is 5.75 Å². The van der Waals surface area contributed by atoms with Crippen LogP contribution < -0.4 is 4.74 Å². The van der Waals surface area contributed by atoms with Crippen LogP contribution >= 0.6 is 27.3 Å². The molecule has 0 amide bonds. The zero-order valence-electron chi connectivity index (χ0n) is 11.5. The lowest BCUT2D eigenvalue weighted by Crippen LogP contribution is -2.04. The first-order chi connectivity index (χ1) is 10.2. The average molecular weight is 363 g/mol. The lowest BCUT2D eigenvalue weighted by molar-refractivity contribution is 0.174. The van der Waals surface area contributed by atoms with Gasteiger partial charge < -0.3 is 9.84 Å². The number of rotatable bonds is 4. The number of ether oxygens (including phenoxy) is 1. The van der Waals surface area contributed by atoms with Gasteiger partial charge in [0, 0.05) is 21.2 Å². The lowest BCUT2D eigenvalue weighted by Gasteiger charge is -2.15. The summed E-state index contributed by atoms with van der Waals surface area (Å²) in [6.45, 7) is 0. The molecule has 1 heterocycles. The molecule has 108 valence electrons. The molecular formula is C17H15BrO2S. The Kier molecular flexibility index (Phi) is 4.29. The minimum Gasteiger partial charge on any atom is -0.496 e. The van der Waals surface area contributed by atoms with Crippen LogP contribution in [-0.2, 0) is 6.42 Å². The normalized spacial score (nSPS) is 12.5. The van der Waals surface area contributed by atoms with Crippen LogP contribution in [0, 0.1) is 0 Å². The van der Waals surface area contributed by atoms with E-state index in [2.05, 4.69) is 33.4 Å². The minimum atomic E-state index is -0.588. The van der Waals surface area contributed by atoms with Crippen LogP contribution in [0.3, 0.4) is 0 Å². The maximum Gasteiger partial charge on any atom is 0.124 e.